The molecule has 0 amide bonds. The number of dihydropyridines is 1. The Hall–Kier alpha value is -1.06. The van der Waals surface area contributed by atoms with Crippen molar-refractivity contribution in [1.29, 1.82) is 0 Å². The van der Waals surface area contributed by atoms with E-state index in [-0.39, 0.29) is 11.1 Å². The highest BCUT2D eigenvalue weighted by molar-refractivity contribution is 6.01. The van der Waals surface area contributed by atoms with Crippen molar-refractivity contribution in [2.45, 2.75) is 53.1 Å². The number of aliphatic imine (C=N–C) groups is 1. The number of allylic oxidation sites excluding steroid dienone is 2. The first-order valence-corrected chi connectivity index (χ1v) is 7.06. The molecule has 1 rings (SSSR count). The molecule has 0 aromatic rings. The third-order valence-corrected chi connectivity index (χ3v) is 4.53. The summed E-state index contributed by atoms with van der Waals surface area (Å²) in [4.78, 5) is 4.10. The van der Waals surface area contributed by atoms with Crippen LogP contribution in [0.1, 0.15) is 47.0 Å². The van der Waals surface area contributed by atoms with Crippen molar-refractivity contribution in [1.82, 2.24) is 0 Å². The molecule has 0 N–H and O–H groups in total. The second-order valence-electron chi connectivity index (χ2n) is 6.09. The van der Waals surface area contributed by atoms with Gasteiger partial charge in [-0.2, -0.15) is 13.2 Å². The molecular weight excluding hydrogens is 263 g/mol. The maximum atomic E-state index is 13.0. The van der Waals surface area contributed by atoms with Crippen molar-refractivity contribution < 1.29 is 13.2 Å². The molecule has 114 valence electrons. The number of rotatable bonds is 5. The summed E-state index contributed by atoms with van der Waals surface area (Å²) in [6, 6.07) is 0. The molecule has 0 spiro atoms. The predicted molar refractivity (Wildman–Crippen MR) is 78.1 cm³/mol. The highest BCUT2D eigenvalue weighted by Gasteiger charge is 2.38. The molecule has 1 aliphatic rings. The quantitative estimate of drug-likeness (QED) is 0.605. The van der Waals surface area contributed by atoms with Crippen LogP contribution in [0.15, 0.2) is 28.8 Å². The second-order valence-corrected chi connectivity index (χ2v) is 6.09. The van der Waals surface area contributed by atoms with Gasteiger partial charge in [-0.1, -0.05) is 39.0 Å². The molecule has 0 fully saturated rings. The van der Waals surface area contributed by atoms with E-state index in [9.17, 15) is 13.2 Å². The molecule has 0 saturated heterocycles. The highest BCUT2D eigenvalue weighted by atomic mass is 19.4. The van der Waals surface area contributed by atoms with Crippen LogP contribution >= 0.6 is 0 Å². The van der Waals surface area contributed by atoms with E-state index in [1.807, 2.05) is 6.92 Å². The van der Waals surface area contributed by atoms with E-state index in [4.69, 9.17) is 0 Å². The maximum Gasteiger partial charge on any atom is 0.417 e. The van der Waals surface area contributed by atoms with Crippen LogP contribution in [0, 0.1) is 11.3 Å². The molecule has 0 aromatic heterocycles. The summed E-state index contributed by atoms with van der Waals surface area (Å²) < 4.78 is 38.9. The standard InChI is InChI=1S/C16H24F3N/c1-11(2)15(5,12(3)4)9-8-14-13(16(17,18)19)7-6-10-20-14/h7,12H,1,6,8-10H2,2-5H3. The summed E-state index contributed by atoms with van der Waals surface area (Å²) in [5.41, 5.74) is 0.520. The molecular formula is C16H24F3N. The molecule has 20 heavy (non-hydrogen) atoms. The van der Waals surface area contributed by atoms with Gasteiger partial charge in [0.15, 0.2) is 0 Å². The van der Waals surface area contributed by atoms with E-state index < -0.39 is 11.7 Å². The maximum absolute atomic E-state index is 13.0. The normalized spacial score (nSPS) is 19.4. The van der Waals surface area contributed by atoms with Crippen LogP contribution in [0.2, 0.25) is 0 Å². The number of halogens is 3. The van der Waals surface area contributed by atoms with Crippen LogP contribution in [0.3, 0.4) is 0 Å². The molecule has 1 nitrogen and oxygen atoms in total. The molecule has 1 heterocycles. The van der Waals surface area contributed by atoms with E-state index in [2.05, 4.69) is 32.3 Å². The fourth-order valence-electron chi connectivity index (χ4n) is 2.48. The molecule has 1 atom stereocenters. The van der Waals surface area contributed by atoms with Crippen LogP contribution in [0.4, 0.5) is 13.2 Å². The minimum absolute atomic E-state index is 0.156. The Bertz CT molecular complexity index is 429. The monoisotopic (exact) mass is 287 g/mol. The van der Waals surface area contributed by atoms with Gasteiger partial charge in [-0.3, -0.25) is 4.99 Å². The zero-order valence-electron chi connectivity index (χ0n) is 12.8. The fraction of sp³-hybridized carbons (Fsp3) is 0.688. The summed E-state index contributed by atoms with van der Waals surface area (Å²) in [5, 5.41) is 0. The van der Waals surface area contributed by atoms with Gasteiger partial charge in [0.1, 0.15) is 0 Å². The van der Waals surface area contributed by atoms with Crippen LogP contribution in [0.5, 0.6) is 0 Å². The number of nitrogens with zero attached hydrogens (tertiary/aromatic N) is 1. The van der Waals surface area contributed by atoms with Crippen molar-refractivity contribution in [3.63, 3.8) is 0 Å². The SMILES string of the molecule is C=C(C)C(C)(CCC1=NCCC=C1C(F)(F)F)C(C)C. The van der Waals surface area contributed by atoms with Crippen LogP contribution < -0.4 is 0 Å². The van der Waals surface area contributed by atoms with E-state index >= 15 is 0 Å². The number of alkyl halides is 3. The largest absolute Gasteiger partial charge is 0.417 e. The Morgan fingerprint density at radius 1 is 1.40 bits per heavy atom. The summed E-state index contributed by atoms with van der Waals surface area (Å²) in [7, 11) is 0. The van der Waals surface area contributed by atoms with Crippen molar-refractivity contribution in [3.05, 3.63) is 23.8 Å². The first-order chi connectivity index (χ1) is 9.09. The van der Waals surface area contributed by atoms with Crippen LogP contribution in [-0.2, 0) is 0 Å². The molecule has 1 aliphatic heterocycles. The second kappa shape index (κ2) is 6.15. The predicted octanol–water partition coefficient (Wildman–Crippen LogP) is 5.34. The van der Waals surface area contributed by atoms with Gasteiger partial charge < -0.3 is 0 Å². The topological polar surface area (TPSA) is 12.4 Å². The van der Waals surface area contributed by atoms with E-state index in [0.717, 1.165) is 5.57 Å². The van der Waals surface area contributed by atoms with E-state index in [1.54, 1.807) is 0 Å². The lowest BCUT2D eigenvalue weighted by Crippen LogP contribution is -2.28. The Morgan fingerprint density at radius 3 is 2.45 bits per heavy atom. The van der Waals surface area contributed by atoms with Crippen molar-refractivity contribution in [2.24, 2.45) is 16.3 Å². The molecule has 0 aliphatic carbocycles. The van der Waals surface area contributed by atoms with Gasteiger partial charge in [-0.25, -0.2) is 0 Å². The lowest BCUT2D eigenvalue weighted by Gasteiger charge is -2.35. The highest BCUT2D eigenvalue weighted by Crippen LogP contribution is 2.40. The van der Waals surface area contributed by atoms with E-state index in [1.165, 1.54) is 6.08 Å². The average Bonchev–Trinajstić information content (AvgIpc) is 2.34. The lowest BCUT2D eigenvalue weighted by molar-refractivity contribution is -0.0866. The van der Waals surface area contributed by atoms with Crippen LogP contribution in [-0.4, -0.2) is 18.4 Å². The third-order valence-electron chi connectivity index (χ3n) is 4.53. The molecule has 0 saturated carbocycles. The Morgan fingerprint density at radius 2 is 2.00 bits per heavy atom. The number of hydrogen-bond donors (Lipinski definition) is 0. The van der Waals surface area contributed by atoms with Crippen LogP contribution in [0.25, 0.3) is 0 Å². The first kappa shape index (κ1) is 17.0. The minimum Gasteiger partial charge on any atom is -0.289 e. The van der Waals surface area contributed by atoms with Gasteiger partial charge in [-0.15, -0.1) is 0 Å². The Balaban J connectivity index is 2.85. The fourth-order valence-corrected chi connectivity index (χ4v) is 2.48. The van der Waals surface area contributed by atoms with Crippen molar-refractivity contribution >= 4 is 5.71 Å². The third kappa shape index (κ3) is 3.74. The van der Waals surface area contributed by atoms with Crippen molar-refractivity contribution in [3.8, 4) is 0 Å². The molecule has 4 heteroatoms. The minimum atomic E-state index is -4.29. The van der Waals surface area contributed by atoms with Gasteiger partial charge in [-0.05, 0) is 37.5 Å². The van der Waals surface area contributed by atoms with Crippen molar-refractivity contribution in [2.75, 3.05) is 6.54 Å². The average molecular weight is 287 g/mol. The van der Waals surface area contributed by atoms with Gasteiger partial charge >= 0.3 is 6.18 Å². The summed E-state index contributed by atoms with van der Waals surface area (Å²) in [5.74, 6) is 0.336. The van der Waals surface area contributed by atoms with Gasteiger partial charge in [0.05, 0.1) is 5.57 Å². The summed E-state index contributed by atoms with van der Waals surface area (Å²) in [6.45, 7) is 12.6. The Kier molecular flexibility index (Phi) is 5.22. The van der Waals surface area contributed by atoms with Gasteiger partial charge in [0.25, 0.3) is 0 Å². The summed E-state index contributed by atoms with van der Waals surface area (Å²) >= 11 is 0. The molecule has 0 bridgehead atoms. The first-order valence-electron chi connectivity index (χ1n) is 7.06. The molecule has 1 unspecified atom stereocenters. The summed E-state index contributed by atoms with van der Waals surface area (Å²) in [6.07, 6.45) is -1.65. The Labute approximate surface area is 119 Å². The number of hydrogen-bond acceptors (Lipinski definition) is 1. The van der Waals surface area contributed by atoms with Gasteiger partial charge in [0.2, 0.25) is 0 Å². The van der Waals surface area contributed by atoms with Gasteiger partial charge in [0, 0.05) is 12.3 Å². The smallest absolute Gasteiger partial charge is 0.289 e. The molecule has 0 aromatic carbocycles. The lowest BCUT2D eigenvalue weighted by atomic mass is 9.70. The zero-order valence-corrected chi connectivity index (χ0v) is 12.8. The zero-order chi connectivity index (χ0) is 15.6. The molecule has 0 radical (unpaired) electrons. The van der Waals surface area contributed by atoms with E-state index in [0.29, 0.717) is 31.7 Å².